The number of hydrogen-bond donors (Lipinski definition) is 1. The zero-order valence-corrected chi connectivity index (χ0v) is 22.1. The fraction of sp³-hybridized carbons (Fsp3) is 0.273. The summed E-state index contributed by atoms with van der Waals surface area (Å²) in [7, 11) is 0. The van der Waals surface area contributed by atoms with Crippen molar-refractivity contribution in [2.24, 2.45) is 0 Å². The molecule has 1 aliphatic heterocycles. The van der Waals surface area contributed by atoms with E-state index in [2.05, 4.69) is 24.3 Å². The van der Waals surface area contributed by atoms with Gasteiger partial charge in [0.15, 0.2) is 12.6 Å². The highest BCUT2D eigenvalue weighted by Crippen LogP contribution is 2.22. The van der Waals surface area contributed by atoms with Crippen molar-refractivity contribution < 1.29 is 24.1 Å². The molecule has 1 saturated heterocycles. The van der Waals surface area contributed by atoms with Gasteiger partial charge in [-0.1, -0.05) is 60.7 Å². The molecule has 3 aromatic carbocycles. The SMILES string of the molecule is CCOC(C)Oc1ccc(C=C(C=Cc2ccc(O)cc2)C=Cc2ccc(OC3CCCCO3)cc2)cc1. The number of ether oxygens (including phenoxy) is 4. The molecule has 2 atom stereocenters. The van der Waals surface area contributed by atoms with Crippen LogP contribution in [-0.4, -0.2) is 30.9 Å². The predicted molar refractivity (Wildman–Crippen MR) is 153 cm³/mol. The lowest BCUT2D eigenvalue weighted by atomic mass is 10.1. The van der Waals surface area contributed by atoms with Gasteiger partial charge in [0.25, 0.3) is 0 Å². The number of benzene rings is 3. The quantitative estimate of drug-likeness (QED) is 0.209. The lowest BCUT2D eigenvalue weighted by molar-refractivity contribution is -0.105. The molecule has 38 heavy (non-hydrogen) atoms. The summed E-state index contributed by atoms with van der Waals surface area (Å²) in [5, 5.41) is 9.58. The summed E-state index contributed by atoms with van der Waals surface area (Å²) in [5.74, 6) is 1.83. The minimum Gasteiger partial charge on any atom is -0.508 e. The van der Waals surface area contributed by atoms with Crippen molar-refractivity contribution >= 4 is 18.2 Å². The average molecular weight is 513 g/mol. The molecule has 1 fully saturated rings. The molecule has 5 nitrogen and oxygen atoms in total. The van der Waals surface area contributed by atoms with Crippen molar-refractivity contribution in [3.8, 4) is 17.2 Å². The van der Waals surface area contributed by atoms with Crippen LogP contribution in [0, 0.1) is 0 Å². The van der Waals surface area contributed by atoms with Crippen molar-refractivity contribution in [2.45, 2.75) is 45.7 Å². The van der Waals surface area contributed by atoms with E-state index in [9.17, 15) is 5.11 Å². The minimum absolute atomic E-state index is 0.149. The summed E-state index contributed by atoms with van der Waals surface area (Å²) in [6.07, 6.45) is 13.1. The molecule has 1 aliphatic rings. The van der Waals surface area contributed by atoms with E-state index in [1.54, 1.807) is 12.1 Å². The van der Waals surface area contributed by atoms with Gasteiger partial charge in [-0.05, 0) is 91.4 Å². The van der Waals surface area contributed by atoms with Crippen LogP contribution in [0.25, 0.3) is 18.2 Å². The second-order valence-corrected chi connectivity index (χ2v) is 9.10. The molecule has 1 heterocycles. The maximum atomic E-state index is 9.58. The third-order valence-electron chi connectivity index (χ3n) is 6.03. The largest absolute Gasteiger partial charge is 0.508 e. The number of phenolic OH excluding ortho intramolecular Hbond substituents is 1. The number of phenols is 1. The van der Waals surface area contributed by atoms with Crippen LogP contribution in [0.15, 0.2) is 90.5 Å². The second-order valence-electron chi connectivity index (χ2n) is 9.10. The molecule has 1 N–H and O–H groups in total. The van der Waals surface area contributed by atoms with Gasteiger partial charge < -0.3 is 24.1 Å². The monoisotopic (exact) mass is 512 g/mol. The van der Waals surface area contributed by atoms with Crippen LogP contribution in [-0.2, 0) is 9.47 Å². The molecule has 5 heteroatoms. The first kappa shape index (κ1) is 27.2. The summed E-state index contributed by atoms with van der Waals surface area (Å²) in [6.45, 7) is 5.20. The van der Waals surface area contributed by atoms with Crippen molar-refractivity contribution in [1.29, 1.82) is 0 Å². The van der Waals surface area contributed by atoms with Gasteiger partial charge in [0.2, 0.25) is 0 Å². The molecule has 0 aromatic heterocycles. The third-order valence-corrected chi connectivity index (χ3v) is 6.03. The van der Waals surface area contributed by atoms with Gasteiger partial charge in [-0.2, -0.15) is 0 Å². The molecule has 198 valence electrons. The molecular formula is C33H36O5. The van der Waals surface area contributed by atoms with Crippen molar-refractivity contribution in [3.05, 3.63) is 107 Å². The normalized spacial score (nSPS) is 17.1. The molecule has 0 radical (unpaired) electrons. The third kappa shape index (κ3) is 8.94. The Bertz CT molecular complexity index is 1200. The van der Waals surface area contributed by atoms with E-state index in [0.29, 0.717) is 6.61 Å². The van der Waals surface area contributed by atoms with E-state index in [-0.39, 0.29) is 18.3 Å². The Balaban J connectivity index is 1.49. The highest BCUT2D eigenvalue weighted by Gasteiger charge is 2.14. The van der Waals surface area contributed by atoms with Crippen LogP contribution in [0.3, 0.4) is 0 Å². The van der Waals surface area contributed by atoms with Crippen LogP contribution in [0.1, 0.15) is 49.8 Å². The summed E-state index contributed by atoms with van der Waals surface area (Å²) >= 11 is 0. The Morgan fingerprint density at radius 3 is 2.08 bits per heavy atom. The van der Waals surface area contributed by atoms with E-state index in [1.165, 1.54) is 0 Å². The van der Waals surface area contributed by atoms with Gasteiger partial charge in [0.1, 0.15) is 17.2 Å². The summed E-state index contributed by atoms with van der Waals surface area (Å²) in [6, 6.07) is 23.1. The second kappa shape index (κ2) is 14.2. The first-order valence-electron chi connectivity index (χ1n) is 13.2. The minimum atomic E-state index is -0.292. The highest BCUT2D eigenvalue weighted by atomic mass is 16.7. The molecule has 0 bridgehead atoms. The average Bonchev–Trinajstić information content (AvgIpc) is 2.93. The number of aromatic hydroxyl groups is 1. The maximum Gasteiger partial charge on any atom is 0.199 e. The topological polar surface area (TPSA) is 57.2 Å². The Morgan fingerprint density at radius 1 is 0.868 bits per heavy atom. The number of rotatable bonds is 11. The summed E-state index contributed by atoms with van der Waals surface area (Å²) in [5.41, 5.74) is 4.14. The van der Waals surface area contributed by atoms with Crippen molar-refractivity contribution in [2.75, 3.05) is 13.2 Å². The van der Waals surface area contributed by atoms with Gasteiger partial charge in [-0.3, -0.25) is 0 Å². The van der Waals surface area contributed by atoms with E-state index in [4.69, 9.17) is 18.9 Å². The van der Waals surface area contributed by atoms with E-state index in [0.717, 1.165) is 59.6 Å². The van der Waals surface area contributed by atoms with Gasteiger partial charge in [0, 0.05) is 13.0 Å². The predicted octanol–water partition coefficient (Wildman–Crippen LogP) is 7.87. The Morgan fingerprint density at radius 2 is 1.47 bits per heavy atom. The van der Waals surface area contributed by atoms with Gasteiger partial charge in [-0.15, -0.1) is 0 Å². The lowest BCUT2D eigenvalue weighted by Crippen LogP contribution is -2.24. The zero-order chi connectivity index (χ0) is 26.6. The van der Waals surface area contributed by atoms with Crippen molar-refractivity contribution in [1.82, 2.24) is 0 Å². The smallest absolute Gasteiger partial charge is 0.199 e. The lowest BCUT2D eigenvalue weighted by Gasteiger charge is -2.23. The molecule has 0 saturated carbocycles. The van der Waals surface area contributed by atoms with E-state index < -0.39 is 0 Å². The van der Waals surface area contributed by atoms with Crippen LogP contribution in [0.5, 0.6) is 17.2 Å². The molecular weight excluding hydrogens is 476 g/mol. The standard InChI is InChI=1S/C33H36O5/c1-3-35-25(2)37-31-21-15-29(16-22-31)24-28(9-7-26-11-17-30(34)18-12-26)10-8-27-13-19-32(20-14-27)38-33-6-4-5-23-36-33/h7-22,24-25,33-34H,3-6,23H2,1-2H3. The summed E-state index contributed by atoms with van der Waals surface area (Å²) < 4.78 is 22.9. The number of allylic oxidation sites excluding steroid dienone is 3. The van der Waals surface area contributed by atoms with Gasteiger partial charge in [0.05, 0.1) is 6.61 Å². The highest BCUT2D eigenvalue weighted by molar-refractivity contribution is 5.68. The van der Waals surface area contributed by atoms with Crippen molar-refractivity contribution in [3.63, 3.8) is 0 Å². The first-order valence-corrected chi connectivity index (χ1v) is 13.2. The fourth-order valence-electron chi connectivity index (χ4n) is 4.03. The Labute approximate surface area is 225 Å². The first-order chi connectivity index (χ1) is 18.6. The van der Waals surface area contributed by atoms with Crippen LogP contribution in [0.4, 0.5) is 0 Å². The van der Waals surface area contributed by atoms with Gasteiger partial charge in [-0.25, -0.2) is 0 Å². The van der Waals surface area contributed by atoms with E-state index >= 15 is 0 Å². The molecule has 0 amide bonds. The number of hydrogen-bond acceptors (Lipinski definition) is 5. The van der Waals surface area contributed by atoms with Gasteiger partial charge >= 0.3 is 0 Å². The molecule has 0 aliphatic carbocycles. The Kier molecular flexibility index (Phi) is 10.2. The maximum absolute atomic E-state index is 9.58. The molecule has 2 unspecified atom stereocenters. The zero-order valence-electron chi connectivity index (χ0n) is 22.1. The fourth-order valence-corrected chi connectivity index (χ4v) is 4.03. The molecule has 4 rings (SSSR count). The molecule has 0 spiro atoms. The summed E-state index contributed by atoms with van der Waals surface area (Å²) in [4.78, 5) is 0. The Hall–Kier alpha value is -3.80. The van der Waals surface area contributed by atoms with E-state index in [1.807, 2.05) is 80.6 Å². The van der Waals surface area contributed by atoms with Crippen LogP contribution >= 0.6 is 0 Å². The van der Waals surface area contributed by atoms with Crippen LogP contribution < -0.4 is 9.47 Å². The molecule has 3 aromatic rings. The van der Waals surface area contributed by atoms with Crippen LogP contribution in [0.2, 0.25) is 0 Å².